The average molecular weight is 835 g/mol. The van der Waals surface area contributed by atoms with Crippen LogP contribution >= 0.6 is 0 Å². The van der Waals surface area contributed by atoms with Gasteiger partial charge < -0.3 is 50.0 Å². The molecule has 2 heterocycles. The summed E-state index contributed by atoms with van der Waals surface area (Å²) in [6.45, 7) is 6.09. The Morgan fingerprint density at radius 3 is 2.22 bits per heavy atom. The lowest BCUT2D eigenvalue weighted by Crippen LogP contribution is -2.59. The van der Waals surface area contributed by atoms with Gasteiger partial charge in [0.05, 0.1) is 19.3 Å². The SMILES string of the molecule is CC(C)C[C@@H]1NC(=O)[C@@H](NC(=O)c2cc(OCc3ccccc3)cc(OC3CCC3)c2)COCCCCOC[C@@H](C(=O)N(C)C)NC(=O)[C@@H]2CCCN2C(=O)[C@H](C)NC1=O. The molecule has 5 atom stereocenters. The zero-order chi connectivity index (χ0) is 43.2. The number of hydrogen-bond donors (Lipinski definition) is 4. The van der Waals surface area contributed by atoms with Crippen molar-refractivity contribution >= 4 is 35.4 Å². The first-order valence-electron chi connectivity index (χ1n) is 21.2. The lowest BCUT2D eigenvalue weighted by molar-refractivity contribution is -0.143. The Kier molecular flexibility index (Phi) is 17.1. The second kappa shape index (κ2) is 22.4. The molecule has 2 saturated heterocycles. The number of nitrogens with one attached hydrogen (secondary N) is 4. The van der Waals surface area contributed by atoms with Gasteiger partial charge in [-0.3, -0.25) is 28.8 Å². The smallest absolute Gasteiger partial charge is 0.252 e. The molecular weight excluding hydrogens is 773 g/mol. The maximum Gasteiger partial charge on any atom is 0.252 e. The van der Waals surface area contributed by atoms with E-state index in [2.05, 4.69) is 21.3 Å². The van der Waals surface area contributed by atoms with Gasteiger partial charge in [0.1, 0.15) is 48.3 Å². The van der Waals surface area contributed by atoms with Gasteiger partial charge in [0.25, 0.3) is 5.91 Å². The first-order chi connectivity index (χ1) is 28.8. The molecule has 5 rings (SSSR count). The lowest BCUT2D eigenvalue weighted by Gasteiger charge is -2.30. The minimum atomic E-state index is -1.21. The van der Waals surface area contributed by atoms with E-state index >= 15 is 0 Å². The first kappa shape index (κ1) is 45.9. The predicted octanol–water partition coefficient (Wildman–Crippen LogP) is 2.72. The molecule has 1 aliphatic carbocycles. The van der Waals surface area contributed by atoms with Crippen molar-refractivity contribution in [2.45, 2.75) is 115 Å². The van der Waals surface area contributed by atoms with Gasteiger partial charge in [0.2, 0.25) is 29.5 Å². The molecule has 0 unspecified atom stereocenters. The molecule has 2 aromatic carbocycles. The molecule has 0 radical (unpaired) electrons. The summed E-state index contributed by atoms with van der Waals surface area (Å²) in [5.74, 6) is -2.25. The molecule has 3 aliphatic rings. The van der Waals surface area contributed by atoms with Crippen molar-refractivity contribution in [1.29, 1.82) is 0 Å². The number of nitrogens with zero attached hydrogens (tertiary/aromatic N) is 2. The third kappa shape index (κ3) is 13.4. The van der Waals surface area contributed by atoms with Crippen LogP contribution in [0.3, 0.4) is 0 Å². The van der Waals surface area contributed by atoms with Gasteiger partial charge in [0.15, 0.2) is 0 Å². The number of amides is 6. The molecule has 1 saturated carbocycles. The molecule has 328 valence electrons. The van der Waals surface area contributed by atoms with Gasteiger partial charge >= 0.3 is 0 Å². The monoisotopic (exact) mass is 834 g/mol. The Balaban J connectivity index is 1.36. The van der Waals surface area contributed by atoms with E-state index in [4.69, 9.17) is 18.9 Å². The molecule has 4 N–H and O–H groups in total. The number of hydrogen-bond acceptors (Lipinski definition) is 10. The fourth-order valence-corrected chi connectivity index (χ4v) is 7.17. The van der Waals surface area contributed by atoms with E-state index < -0.39 is 59.7 Å². The summed E-state index contributed by atoms with van der Waals surface area (Å²) < 4.78 is 24.0. The standard InChI is InChI=1S/C44H62N6O10/c1-28(2)21-35-40(52)45-29(3)43(55)50-18-12-17-38(50)42(54)48-37(44(56)49(4)5)27-58-20-10-9-19-57-26-36(41(53)46-35)47-39(51)31-22-33(59-25-30-13-7-6-8-14-30)24-34(23-31)60-32-15-11-16-32/h6-8,13-14,22-24,28-29,32,35-38H,9-12,15-21,25-27H2,1-5H3,(H,45,52)(H,46,53)(H,47,51)(H,48,54)/t29-,35-,36-,37-,38-/m0/s1. The summed E-state index contributed by atoms with van der Waals surface area (Å²) in [5, 5.41) is 11.2. The van der Waals surface area contributed by atoms with E-state index in [9.17, 15) is 28.8 Å². The Labute approximate surface area is 352 Å². The second-order valence-corrected chi connectivity index (χ2v) is 16.4. The number of fused-ring (bicyclic) bond motifs is 1. The zero-order valence-corrected chi connectivity index (χ0v) is 35.5. The summed E-state index contributed by atoms with van der Waals surface area (Å²) >= 11 is 0. The Hall–Kier alpha value is -5.22. The molecular formula is C44H62N6O10. The van der Waals surface area contributed by atoms with Crippen molar-refractivity contribution in [2.24, 2.45) is 5.92 Å². The predicted molar refractivity (Wildman–Crippen MR) is 222 cm³/mol. The van der Waals surface area contributed by atoms with Crippen LogP contribution in [0.1, 0.15) is 88.1 Å². The van der Waals surface area contributed by atoms with Crippen LogP contribution in [0.15, 0.2) is 48.5 Å². The number of carbonyl (C=O) groups excluding carboxylic acids is 6. The van der Waals surface area contributed by atoms with Crippen LogP contribution in [0.25, 0.3) is 0 Å². The highest BCUT2D eigenvalue weighted by Crippen LogP contribution is 2.30. The van der Waals surface area contributed by atoms with Gasteiger partial charge in [0, 0.05) is 45.5 Å². The van der Waals surface area contributed by atoms with Crippen molar-refractivity contribution in [3.8, 4) is 11.5 Å². The third-order valence-corrected chi connectivity index (χ3v) is 10.7. The van der Waals surface area contributed by atoms with Gasteiger partial charge in [-0.2, -0.15) is 0 Å². The quantitative estimate of drug-likeness (QED) is 0.277. The lowest BCUT2D eigenvalue weighted by atomic mass is 9.96. The van der Waals surface area contributed by atoms with Crippen LogP contribution in [0.5, 0.6) is 11.5 Å². The number of benzene rings is 2. The largest absolute Gasteiger partial charge is 0.490 e. The molecule has 2 aromatic rings. The second-order valence-electron chi connectivity index (χ2n) is 16.4. The molecule has 16 nitrogen and oxygen atoms in total. The van der Waals surface area contributed by atoms with Crippen LogP contribution in [-0.2, 0) is 40.1 Å². The normalized spacial score (nSPS) is 24.2. The average Bonchev–Trinajstić information content (AvgIpc) is 3.70. The van der Waals surface area contributed by atoms with E-state index in [0.29, 0.717) is 43.7 Å². The number of carbonyl (C=O) groups is 6. The van der Waals surface area contributed by atoms with Crippen LogP contribution in [-0.4, -0.2) is 129 Å². The van der Waals surface area contributed by atoms with E-state index in [-0.39, 0.29) is 62.9 Å². The highest BCUT2D eigenvalue weighted by atomic mass is 16.5. The van der Waals surface area contributed by atoms with Crippen molar-refractivity contribution in [1.82, 2.24) is 31.1 Å². The van der Waals surface area contributed by atoms with E-state index in [1.165, 1.54) is 16.7 Å². The molecule has 60 heavy (non-hydrogen) atoms. The fourth-order valence-electron chi connectivity index (χ4n) is 7.17. The molecule has 0 bridgehead atoms. The summed E-state index contributed by atoms with van der Waals surface area (Å²) in [7, 11) is 3.17. The Morgan fingerprint density at radius 1 is 0.850 bits per heavy atom. The maximum absolute atomic E-state index is 14.1. The molecule has 6 amide bonds. The topological polar surface area (TPSA) is 194 Å². The Morgan fingerprint density at radius 2 is 1.55 bits per heavy atom. The summed E-state index contributed by atoms with van der Waals surface area (Å²) in [5.41, 5.74) is 1.16. The first-order valence-corrected chi connectivity index (χ1v) is 21.2. The van der Waals surface area contributed by atoms with E-state index in [1.54, 1.807) is 32.3 Å². The molecule has 16 heteroatoms. The van der Waals surface area contributed by atoms with Gasteiger partial charge in [-0.1, -0.05) is 44.2 Å². The van der Waals surface area contributed by atoms with Crippen LogP contribution in [0.2, 0.25) is 0 Å². The fraction of sp³-hybridized carbons (Fsp3) is 0.591. The van der Waals surface area contributed by atoms with Crippen LogP contribution in [0, 0.1) is 5.92 Å². The highest BCUT2D eigenvalue weighted by molar-refractivity contribution is 5.99. The number of rotatable bonds is 10. The third-order valence-electron chi connectivity index (χ3n) is 10.7. The van der Waals surface area contributed by atoms with Crippen LogP contribution < -0.4 is 30.7 Å². The summed E-state index contributed by atoms with van der Waals surface area (Å²) in [6, 6.07) is 9.46. The minimum absolute atomic E-state index is 0.0368. The van der Waals surface area contributed by atoms with Crippen molar-refractivity contribution in [2.75, 3.05) is 47.1 Å². The number of likely N-dealkylation sites (N-methyl/N-ethyl adjacent to an activating group) is 1. The van der Waals surface area contributed by atoms with Crippen molar-refractivity contribution in [3.63, 3.8) is 0 Å². The van der Waals surface area contributed by atoms with E-state index in [0.717, 1.165) is 24.8 Å². The van der Waals surface area contributed by atoms with Gasteiger partial charge in [-0.05, 0) is 81.9 Å². The molecule has 0 aromatic heterocycles. The number of ether oxygens (including phenoxy) is 4. The molecule has 0 spiro atoms. The van der Waals surface area contributed by atoms with Crippen molar-refractivity contribution < 1.29 is 47.7 Å². The summed E-state index contributed by atoms with van der Waals surface area (Å²) in [4.78, 5) is 85.0. The van der Waals surface area contributed by atoms with Gasteiger partial charge in [-0.25, -0.2) is 0 Å². The Bertz CT molecular complexity index is 1790. The molecule has 2 aliphatic heterocycles. The highest BCUT2D eigenvalue weighted by Gasteiger charge is 2.39. The minimum Gasteiger partial charge on any atom is -0.490 e. The molecule has 3 fully saturated rings. The van der Waals surface area contributed by atoms with E-state index in [1.807, 2.05) is 44.2 Å². The van der Waals surface area contributed by atoms with Crippen LogP contribution in [0.4, 0.5) is 0 Å². The maximum atomic E-state index is 14.1. The van der Waals surface area contributed by atoms with Crippen molar-refractivity contribution in [3.05, 3.63) is 59.7 Å². The van der Waals surface area contributed by atoms with Gasteiger partial charge in [-0.15, -0.1) is 0 Å². The zero-order valence-electron chi connectivity index (χ0n) is 35.5. The summed E-state index contributed by atoms with van der Waals surface area (Å²) in [6.07, 6.45) is 5.17.